The molecule has 4 rings (SSSR count). The molecule has 0 bridgehead atoms. The Kier molecular flexibility index (Phi) is 3.90. The smallest absolute Gasteiger partial charge is 0.416 e. The Morgan fingerprint density at radius 2 is 1.84 bits per heavy atom. The molecule has 9 nitrogen and oxygen atoms in total. The predicted molar refractivity (Wildman–Crippen MR) is 105 cm³/mol. The number of rotatable bonds is 7. The number of ether oxygens (including phenoxy) is 1. The average molecular weight is 433 g/mol. The van der Waals surface area contributed by atoms with E-state index < -0.39 is 17.7 Å². The third kappa shape index (κ3) is 4.80. The zero-order chi connectivity index (χ0) is 25.2. The van der Waals surface area contributed by atoms with E-state index in [1.165, 1.54) is 30.3 Å². The van der Waals surface area contributed by atoms with Crippen molar-refractivity contribution >= 4 is 23.5 Å². The lowest BCUT2D eigenvalue weighted by Crippen LogP contribution is -2.05. The van der Waals surface area contributed by atoms with Crippen molar-refractivity contribution in [1.29, 1.82) is 0 Å². The van der Waals surface area contributed by atoms with Gasteiger partial charge in [-0.15, -0.1) is 5.10 Å². The molecule has 0 atom stereocenters. The fourth-order valence-corrected chi connectivity index (χ4v) is 2.53. The number of aromatic nitrogens is 4. The maximum absolute atomic E-state index is 12.9. The lowest BCUT2D eigenvalue weighted by molar-refractivity contribution is -0.137. The lowest BCUT2D eigenvalue weighted by Gasteiger charge is -2.08. The Hall–Kier alpha value is -4.35. The van der Waals surface area contributed by atoms with Crippen molar-refractivity contribution in [1.82, 2.24) is 20.2 Å². The molecule has 4 aromatic rings. The maximum atomic E-state index is 12.9. The van der Waals surface area contributed by atoms with Gasteiger partial charge in [-0.2, -0.15) is 23.1 Å². The molecule has 0 spiro atoms. The number of anilines is 4. The molecule has 0 fully saturated rings. The molecule has 0 amide bonds. The zero-order valence-corrected chi connectivity index (χ0v) is 15.3. The molecule has 31 heavy (non-hydrogen) atoms. The van der Waals surface area contributed by atoms with Gasteiger partial charge in [0.25, 0.3) is 0 Å². The quantitative estimate of drug-likeness (QED) is 0.390. The van der Waals surface area contributed by atoms with Gasteiger partial charge >= 0.3 is 12.2 Å². The molecule has 0 radical (unpaired) electrons. The van der Waals surface area contributed by atoms with Crippen LogP contribution in [0.3, 0.4) is 0 Å². The fourth-order valence-electron chi connectivity index (χ4n) is 2.53. The topological polar surface area (TPSA) is 138 Å². The normalized spacial score (nSPS) is 12.9. The highest BCUT2D eigenvalue weighted by molar-refractivity contribution is 5.58. The van der Waals surface area contributed by atoms with E-state index in [-0.39, 0.29) is 46.5 Å². The van der Waals surface area contributed by atoms with Crippen LogP contribution in [-0.2, 0) is 6.18 Å². The minimum Gasteiger partial charge on any atom is -0.439 e. The number of nitrogens with one attached hydrogen (secondary N) is 1. The van der Waals surface area contributed by atoms with Crippen molar-refractivity contribution in [2.75, 3.05) is 16.8 Å². The first kappa shape index (κ1) is 15.5. The molecule has 2 aromatic carbocycles. The second-order valence-electron chi connectivity index (χ2n) is 6.11. The minimum absolute atomic E-state index is 0.0933. The number of hydrogen-bond acceptors (Lipinski definition) is 9. The van der Waals surface area contributed by atoms with Crippen molar-refractivity contribution in [3.63, 3.8) is 0 Å². The highest BCUT2D eigenvalue weighted by Gasteiger charge is 2.30. The molecule has 2 aromatic heterocycles. The second-order valence-corrected chi connectivity index (χ2v) is 6.11. The van der Waals surface area contributed by atoms with Crippen molar-refractivity contribution in [2.45, 2.75) is 6.18 Å². The molecule has 0 saturated carbocycles. The van der Waals surface area contributed by atoms with Gasteiger partial charge in [0.15, 0.2) is 5.65 Å². The molecule has 5 N–H and O–H groups in total. The number of halogens is 3. The van der Waals surface area contributed by atoms with Gasteiger partial charge < -0.3 is 25.9 Å². The number of nitrogens with two attached hydrogens (primary N) is 2. The molecular weight excluding hydrogens is 415 g/mol. The van der Waals surface area contributed by atoms with Gasteiger partial charge in [-0.1, -0.05) is 11.2 Å². The van der Waals surface area contributed by atoms with Gasteiger partial charge in [0.1, 0.15) is 11.6 Å². The third-order valence-corrected chi connectivity index (χ3v) is 3.87. The Labute approximate surface area is 178 Å². The van der Waals surface area contributed by atoms with Crippen LogP contribution in [0.1, 0.15) is 5.56 Å². The van der Waals surface area contributed by atoms with Gasteiger partial charge in [0.2, 0.25) is 17.7 Å². The van der Waals surface area contributed by atoms with E-state index in [1.807, 2.05) is 0 Å². The third-order valence-electron chi connectivity index (χ3n) is 3.87. The monoisotopic (exact) mass is 433 g/mol. The number of alkyl halides is 3. The van der Waals surface area contributed by atoms with Crippen LogP contribution in [0, 0.1) is 0 Å². The summed E-state index contributed by atoms with van der Waals surface area (Å²) in [6.07, 6.45) is -4.49. The number of nitrogens with zero attached hydrogens (tertiary/aromatic N) is 4. The van der Waals surface area contributed by atoms with Crippen molar-refractivity contribution in [2.24, 2.45) is 0 Å². The molecule has 0 unspecified atom stereocenters. The summed E-state index contributed by atoms with van der Waals surface area (Å²) in [6.45, 7) is 0. The van der Waals surface area contributed by atoms with E-state index in [0.29, 0.717) is 5.56 Å². The summed E-state index contributed by atoms with van der Waals surface area (Å²) in [5, 5.41) is 10.3. The van der Waals surface area contributed by atoms with E-state index in [4.69, 9.17) is 14.8 Å². The second kappa shape index (κ2) is 7.82. The molecule has 12 heteroatoms. The van der Waals surface area contributed by atoms with Crippen LogP contribution in [0.2, 0.25) is 5.65 Å². The maximum Gasteiger partial charge on any atom is 0.416 e. The molecule has 0 aliphatic rings. The number of benzene rings is 2. The predicted octanol–water partition coefficient (Wildman–Crippen LogP) is 4.25. The van der Waals surface area contributed by atoms with Crippen LogP contribution in [0.25, 0.3) is 11.5 Å². The van der Waals surface area contributed by atoms with Crippen LogP contribution in [0.15, 0.2) is 59.0 Å². The average Bonchev–Trinajstić information content (AvgIpc) is 3.27. The van der Waals surface area contributed by atoms with E-state index in [0.717, 1.165) is 12.1 Å². The van der Waals surface area contributed by atoms with Crippen LogP contribution < -0.4 is 21.5 Å². The van der Waals surface area contributed by atoms with E-state index in [9.17, 15) is 13.2 Å². The summed E-state index contributed by atoms with van der Waals surface area (Å²) in [5.41, 5.74) is 0.0876. The van der Waals surface area contributed by atoms with Crippen LogP contribution >= 0.6 is 0 Å². The first-order valence-electron chi connectivity index (χ1n) is 10.4. The molecule has 0 aliphatic carbocycles. The number of hydrogen-bond donors (Lipinski definition) is 3. The summed E-state index contributed by atoms with van der Waals surface area (Å²) in [6, 6.07) is 11.8. The van der Waals surface area contributed by atoms with Crippen LogP contribution in [0.4, 0.5) is 36.6 Å². The summed E-state index contributed by atoms with van der Waals surface area (Å²) in [5.74, 6) is -0.329. The van der Waals surface area contributed by atoms with Crippen molar-refractivity contribution < 1.29 is 28.0 Å². The first-order chi connectivity index (χ1) is 16.6. The fraction of sp³-hybridized carbons (Fsp3) is 0.0526. The molecule has 0 aliphatic heterocycles. The Balaban J connectivity index is 1.48. The van der Waals surface area contributed by atoms with Gasteiger partial charge in [-0.05, 0) is 42.5 Å². The Morgan fingerprint density at radius 3 is 2.58 bits per heavy atom. The number of nitrogen functional groups attached to an aromatic ring is 2. The SMILES string of the molecule is [2H]N([2H])c1cc(Oc2ccc(-c3nnc(Nc4cccc(C(F)(F)F)c4)o3)cc2)nc(N([2H])[2H])n1. The zero-order valence-electron chi connectivity index (χ0n) is 19.3. The van der Waals surface area contributed by atoms with Crippen LogP contribution in [0.5, 0.6) is 11.6 Å². The standard InChI is InChI=1S/C19H14F3N7O2/c20-19(21,22)11-2-1-3-12(8-11)25-18-29-28-16(31-18)10-4-6-13(7-5-10)30-15-9-14(23)26-17(24)27-15/h1-9H,(H,25,29)(H4,23,24,26,27)/i/hD4. The van der Waals surface area contributed by atoms with Gasteiger partial charge in [-0.25, -0.2) is 0 Å². The minimum atomic E-state index is -4.49. The van der Waals surface area contributed by atoms with E-state index in [1.54, 1.807) is 12.1 Å². The van der Waals surface area contributed by atoms with E-state index >= 15 is 0 Å². The summed E-state index contributed by atoms with van der Waals surface area (Å²) >= 11 is 0. The highest BCUT2D eigenvalue weighted by atomic mass is 19.4. The lowest BCUT2D eigenvalue weighted by atomic mass is 10.2. The van der Waals surface area contributed by atoms with Gasteiger partial charge in [-0.3, -0.25) is 0 Å². The Morgan fingerprint density at radius 1 is 1.00 bits per heavy atom. The van der Waals surface area contributed by atoms with Gasteiger partial charge in [0.05, 0.1) is 5.56 Å². The molecule has 2 heterocycles. The first-order valence-corrected chi connectivity index (χ1v) is 8.59. The highest BCUT2D eigenvalue weighted by Crippen LogP contribution is 2.32. The summed E-state index contributed by atoms with van der Waals surface area (Å²) < 4.78 is 78.8. The van der Waals surface area contributed by atoms with Gasteiger partial charge in [0, 0.05) is 17.3 Å². The van der Waals surface area contributed by atoms with Crippen molar-refractivity contribution in [3.8, 4) is 23.1 Å². The summed E-state index contributed by atoms with van der Waals surface area (Å²) in [7, 11) is 0. The van der Waals surface area contributed by atoms with Crippen molar-refractivity contribution in [3.05, 3.63) is 60.2 Å². The molecule has 158 valence electrons. The van der Waals surface area contributed by atoms with Crippen LogP contribution in [-0.4, -0.2) is 20.2 Å². The Bertz CT molecular complexity index is 1290. The summed E-state index contributed by atoms with van der Waals surface area (Å²) in [4.78, 5) is 7.56. The molecular formula is C19H14F3N7O2. The molecule has 0 saturated heterocycles. The van der Waals surface area contributed by atoms with E-state index in [2.05, 4.69) is 25.5 Å². The largest absolute Gasteiger partial charge is 0.439 e.